The zero-order chi connectivity index (χ0) is 16.9. The van der Waals surface area contributed by atoms with Gasteiger partial charge in [0.2, 0.25) is 5.91 Å². The molecule has 0 bridgehead atoms. The summed E-state index contributed by atoms with van der Waals surface area (Å²) in [5.41, 5.74) is 2.95. The Morgan fingerprint density at radius 1 is 1.32 bits per heavy atom. The SMILES string of the molecule is O=C1Nc2ccccc2C12CCC(NCc1cn3ccsc3n1)CC2. The van der Waals surface area contributed by atoms with Gasteiger partial charge in [0, 0.05) is 36.0 Å². The summed E-state index contributed by atoms with van der Waals surface area (Å²) >= 11 is 1.66. The molecule has 0 atom stereocenters. The van der Waals surface area contributed by atoms with Crippen molar-refractivity contribution in [2.45, 2.75) is 43.7 Å². The number of nitrogens with zero attached hydrogens (tertiary/aromatic N) is 2. The fourth-order valence-electron chi connectivity index (χ4n) is 4.29. The van der Waals surface area contributed by atoms with E-state index in [-0.39, 0.29) is 11.3 Å². The van der Waals surface area contributed by atoms with E-state index in [1.165, 1.54) is 5.56 Å². The second kappa shape index (κ2) is 5.68. The van der Waals surface area contributed by atoms with E-state index >= 15 is 0 Å². The van der Waals surface area contributed by atoms with Gasteiger partial charge in [0.25, 0.3) is 0 Å². The molecule has 0 radical (unpaired) electrons. The lowest BCUT2D eigenvalue weighted by Crippen LogP contribution is -2.43. The maximum atomic E-state index is 12.6. The van der Waals surface area contributed by atoms with Gasteiger partial charge in [-0.1, -0.05) is 18.2 Å². The number of hydrogen-bond donors (Lipinski definition) is 2. The molecule has 1 amide bonds. The first kappa shape index (κ1) is 15.1. The summed E-state index contributed by atoms with van der Waals surface area (Å²) in [5.74, 6) is 0.182. The number of fused-ring (bicyclic) bond motifs is 3. The van der Waals surface area contributed by atoms with Crippen LogP contribution in [0.15, 0.2) is 42.0 Å². The number of benzene rings is 1. The molecule has 2 N–H and O–H groups in total. The van der Waals surface area contributed by atoms with E-state index in [9.17, 15) is 4.79 Å². The lowest BCUT2D eigenvalue weighted by molar-refractivity contribution is -0.122. The first-order valence-corrected chi connectivity index (χ1v) is 9.68. The summed E-state index contributed by atoms with van der Waals surface area (Å²) in [6.45, 7) is 0.787. The van der Waals surface area contributed by atoms with Crippen molar-refractivity contribution in [3.05, 3.63) is 53.3 Å². The Bertz CT molecular complexity index is 907. The third kappa shape index (κ3) is 2.40. The molecule has 1 aromatic carbocycles. The van der Waals surface area contributed by atoms with Gasteiger partial charge in [0.15, 0.2) is 4.96 Å². The molecule has 5 nitrogen and oxygen atoms in total. The zero-order valence-electron chi connectivity index (χ0n) is 13.9. The highest BCUT2D eigenvalue weighted by Crippen LogP contribution is 2.47. The van der Waals surface area contributed by atoms with Crippen LogP contribution in [0, 0.1) is 0 Å². The van der Waals surface area contributed by atoms with Crippen LogP contribution < -0.4 is 10.6 Å². The van der Waals surface area contributed by atoms with E-state index in [1.54, 1.807) is 11.3 Å². The number of thiazole rings is 1. The summed E-state index contributed by atoms with van der Waals surface area (Å²) in [6.07, 6.45) is 7.98. The standard InChI is InChI=1S/C19H20N4OS/c24-17-19(15-3-1-2-4-16(15)22-17)7-5-13(6-8-19)20-11-14-12-23-9-10-25-18(23)21-14/h1-4,9-10,12-13,20H,5-8,11H2,(H,22,24). The molecule has 1 spiro atoms. The second-order valence-electron chi connectivity index (χ2n) is 7.06. The average Bonchev–Trinajstić information content (AvgIpc) is 3.28. The molecule has 3 heterocycles. The molecule has 25 heavy (non-hydrogen) atoms. The number of para-hydroxylation sites is 1. The Morgan fingerprint density at radius 3 is 3.00 bits per heavy atom. The van der Waals surface area contributed by atoms with Crippen LogP contribution in [0.3, 0.4) is 0 Å². The molecule has 2 aromatic heterocycles. The Kier molecular flexibility index (Phi) is 3.43. The van der Waals surface area contributed by atoms with E-state index < -0.39 is 0 Å². The second-order valence-corrected chi connectivity index (χ2v) is 7.94. The molecule has 6 heteroatoms. The van der Waals surface area contributed by atoms with Crippen molar-refractivity contribution in [2.24, 2.45) is 0 Å². The van der Waals surface area contributed by atoms with Crippen LogP contribution in [0.25, 0.3) is 4.96 Å². The van der Waals surface area contributed by atoms with Crippen LogP contribution in [0.1, 0.15) is 36.9 Å². The summed E-state index contributed by atoms with van der Waals surface area (Å²) in [5, 5.41) is 8.75. The number of aromatic nitrogens is 2. The maximum Gasteiger partial charge on any atom is 0.235 e. The van der Waals surface area contributed by atoms with Crippen molar-refractivity contribution in [1.29, 1.82) is 0 Å². The number of hydrogen-bond acceptors (Lipinski definition) is 4. The molecule has 0 unspecified atom stereocenters. The van der Waals surface area contributed by atoms with Gasteiger partial charge in [-0.05, 0) is 37.3 Å². The molecule has 5 rings (SSSR count). The first-order valence-electron chi connectivity index (χ1n) is 8.80. The van der Waals surface area contributed by atoms with Crippen LogP contribution in [0.2, 0.25) is 0 Å². The fraction of sp³-hybridized carbons (Fsp3) is 0.368. The normalized spacial score (nSPS) is 25.4. The minimum Gasteiger partial charge on any atom is -0.325 e. The topological polar surface area (TPSA) is 58.4 Å². The van der Waals surface area contributed by atoms with E-state index in [0.29, 0.717) is 6.04 Å². The largest absolute Gasteiger partial charge is 0.325 e. The Hall–Kier alpha value is -2.18. The van der Waals surface area contributed by atoms with Crippen LogP contribution in [0.4, 0.5) is 5.69 Å². The van der Waals surface area contributed by atoms with Crippen molar-refractivity contribution in [3.63, 3.8) is 0 Å². The van der Waals surface area contributed by atoms with E-state index in [2.05, 4.69) is 32.3 Å². The molecule has 2 aliphatic rings. The third-order valence-electron chi connectivity index (χ3n) is 5.68. The number of anilines is 1. The molecule has 1 fully saturated rings. The van der Waals surface area contributed by atoms with Gasteiger partial charge in [-0.25, -0.2) is 4.98 Å². The predicted molar refractivity (Wildman–Crippen MR) is 98.9 cm³/mol. The molecule has 1 aliphatic carbocycles. The summed E-state index contributed by atoms with van der Waals surface area (Å²) in [7, 11) is 0. The van der Waals surface area contributed by atoms with Gasteiger partial charge in [0.05, 0.1) is 11.1 Å². The number of amides is 1. The van der Waals surface area contributed by atoms with Gasteiger partial charge in [0.1, 0.15) is 0 Å². The first-order chi connectivity index (χ1) is 12.2. The van der Waals surface area contributed by atoms with E-state index in [0.717, 1.165) is 48.6 Å². The highest BCUT2D eigenvalue weighted by molar-refractivity contribution is 7.15. The van der Waals surface area contributed by atoms with Crippen molar-refractivity contribution in [1.82, 2.24) is 14.7 Å². The quantitative estimate of drug-likeness (QED) is 0.760. The monoisotopic (exact) mass is 352 g/mol. The predicted octanol–water partition coefficient (Wildman–Crippen LogP) is 3.32. The summed E-state index contributed by atoms with van der Waals surface area (Å²) in [4.78, 5) is 18.3. The molecule has 1 saturated carbocycles. The van der Waals surface area contributed by atoms with Gasteiger partial charge >= 0.3 is 0 Å². The van der Waals surface area contributed by atoms with E-state index in [1.807, 2.05) is 29.8 Å². The number of imidazole rings is 1. The zero-order valence-corrected chi connectivity index (χ0v) is 14.7. The number of nitrogens with one attached hydrogen (secondary N) is 2. The van der Waals surface area contributed by atoms with Crippen molar-refractivity contribution < 1.29 is 4.79 Å². The highest BCUT2D eigenvalue weighted by Gasteiger charge is 2.48. The van der Waals surface area contributed by atoms with Crippen molar-refractivity contribution in [3.8, 4) is 0 Å². The third-order valence-corrected chi connectivity index (χ3v) is 6.45. The lowest BCUT2D eigenvalue weighted by Gasteiger charge is -2.36. The number of rotatable bonds is 3. The fourth-order valence-corrected chi connectivity index (χ4v) is 5.01. The molecule has 3 aromatic rings. The maximum absolute atomic E-state index is 12.6. The number of carbonyl (C=O) groups excluding carboxylic acids is 1. The van der Waals surface area contributed by atoms with Gasteiger partial charge in [-0.15, -0.1) is 11.3 Å². The smallest absolute Gasteiger partial charge is 0.235 e. The van der Waals surface area contributed by atoms with Crippen molar-refractivity contribution >= 4 is 27.9 Å². The Labute approximate surface area is 150 Å². The summed E-state index contributed by atoms with van der Waals surface area (Å²) < 4.78 is 2.07. The molecular formula is C19H20N4OS. The molecule has 0 saturated heterocycles. The van der Waals surface area contributed by atoms with Gasteiger partial charge < -0.3 is 10.6 Å². The van der Waals surface area contributed by atoms with Crippen LogP contribution in [0.5, 0.6) is 0 Å². The van der Waals surface area contributed by atoms with Crippen molar-refractivity contribution in [2.75, 3.05) is 5.32 Å². The van der Waals surface area contributed by atoms with Crippen LogP contribution >= 0.6 is 11.3 Å². The lowest BCUT2D eigenvalue weighted by atomic mass is 9.69. The average molecular weight is 352 g/mol. The van der Waals surface area contributed by atoms with Crippen LogP contribution in [-0.4, -0.2) is 21.3 Å². The highest BCUT2D eigenvalue weighted by atomic mass is 32.1. The number of carbonyl (C=O) groups is 1. The summed E-state index contributed by atoms with van der Waals surface area (Å²) in [6, 6.07) is 8.59. The Balaban J connectivity index is 1.25. The van der Waals surface area contributed by atoms with Gasteiger partial charge in [-0.3, -0.25) is 9.20 Å². The minimum absolute atomic E-state index is 0.182. The molecule has 1 aliphatic heterocycles. The minimum atomic E-state index is -0.314. The van der Waals surface area contributed by atoms with Gasteiger partial charge in [-0.2, -0.15) is 0 Å². The van der Waals surface area contributed by atoms with Crippen LogP contribution in [-0.2, 0) is 16.8 Å². The van der Waals surface area contributed by atoms with E-state index in [4.69, 9.17) is 0 Å². The molecular weight excluding hydrogens is 332 g/mol. The Morgan fingerprint density at radius 2 is 2.16 bits per heavy atom. The molecule has 128 valence electrons.